The number of aromatic nitrogens is 1. The zero-order chi connectivity index (χ0) is 13.1. The Labute approximate surface area is 104 Å². The van der Waals surface area contributed by atoms with Crippen molar-refractivity contribution in [2.24, 2.45) is 5.73 Å². The molecule has 0 aromatic carbocycles. The zero-order valence-electron chi connectivity index (χ0n) is 9.63. The Hall–Kier alpha value is -0.990. The zero-order valence-corrected chi connectivity index (χ0v) is 11.3. The summed E-state index contributed by atoms with van der Waals surface area (Å²) in [7, 11) is -3.09. The molecule has 1 aromatic heterocycles. The van der Waals surface area contributed by atoms with Crippen LogP contribution >= 0.6 is 11.3 Å². The predicted octanol–water partition coefficient (Wildman–Crippen LogP) is 0.152. The fourth-order valence-corrected chi connectivity index (χ4v) is 2.43. The van der Waals surface area contributed by atoms with Crippen molar-refractivity contribution >= 4 is 32.2 Å². The van der Waals surface area contributed by atoms with Gasteiger partial charge in [0.2, 0.25) is 5.91 Å². The second kappa shape index (κ2) is 5.56. The number of anilines is 1. The van der Waals surface area contributed by atoms with Crippen molar-refractivity contribution in [2.75, 3.05) is 17.3 Å². The fourth-order valence-electron chi connectivity index (χ4n) is 1.08. The first-order valence-electron chi connectivity index (χ1n) is 4.94. The highest BCUT2D eigenvalue weighted by molar-refractivity contribution is 7.90. The minimum Gasteiger partial charge on any atom is -0.320 e. The van der Waals surface area contributed by atoms with Crippen LogP contribution in [0.2, 0.25) is 0 Å². The average Bonchev–Trinajstić information content (AvgIpc) is 2.59. The molecular formula is C9H15N3O3S2. The van der Waals surface area contributed by atoms with Gasteiger partial charge in [-0.1, -0.05) is 0 Å². The summed E-state index contributed by atoms with van der Waals surface area (Å²) in [5.41, 5.74) is 5.58. The van der Waals surface area contributed by atoms with E-state index in [9.17, 15) is 13.2 Å². The summed E-state index contributed by atoms with van der Waals surface area (Å²) in [5, 5.41) is 3.02. The summed E-state index contributed by atoms with van der Waals surface area (Å²) in [6.07, 6.45) is 2.86. The second-order valence-corrected chi connectivity index (χ2v) is 7.28. The number of nitrogens with two attached hydrogens (primary N) is 1. The quantitative estimate of drug-likeness (QED) is 0.797. The lowest BCUT2D eigenvalue weighted by atomic mass is 10.2. The lowest BCUT2D eigenvalue weighted by Crippen LogP contribution is -2.37. The minimum atomic E-state index is -3.09. The molecule has 0 fully saturated rings. The number of carbonyl (C=O) groups is 1. The number of nitrogens with one attached hydrogen (secondary N) is 1. The first-order valence-corrected chi connectivity index (χ1v) is 7.82. The SMILES string of the molecule is Cc1cnc(NC(=O)C(N)CCS(C)(=O)=O)s1. The third-order valence-electron chi connectivity index (χ3n) is 1.99. The van der Waals surface area contributed by atoms with Crippen molar-refractivity contribution in [3.05, 3.63) is 11.1 Å². The van der Waals surface area contributed by atoms with Crippen molar-refractivity contribution in [1.82, 2.24) is 4.98 Å². The fraction of sp³-hybridized carbons (Fsp3) is 0.556. The summed E-state index contributed by atoms with van der Waals surface area (Å²) < 4.78 is 21.8. The Kier molecular flexibility index (Phi) is 4.61. The van der Waals surface area contributed by atoms with E-state index in [-0.39, 0.29) is 12.2 Å². The van der Waals surface area contributed by atoms with Crippen LogP contribution in [0.15, 0.2) is 6.20 Å². The number of carbonyl (C=O) groups excluding carboxylic acids is 1. The summed E-state index contributed by atoms with van der Waals surface area (Å²) >= 11 is 1.34. The van der Waals surface area contributed by atoms with E-state index in [4.69, 9.17) is 5.73 Å². The molecule has 96 valence electrons. The maximum absolute atomic E-state index is 11.6. The van der Waals surface area contributed by atoms with Gasteiger partial charge in [0.25, 0.3) is 0 Å². The van der Waals surface area contributed by atoms with Gasteiger partial charge in [-0.2, -0.15) is 0 Å². The molecule has 0 bridgehead atoms. The number of nitrogens with zero attached hydrogens (tertiary/aromatic N) is 1. The van der Waals surface area contributed by atoms with Crippen LogP contribution < -0.4 is 11.1 Å². The molecule has 1 rings (SSSR count). The number of hydrogen-bond donors (Lipinski definition) is 2. The van der Waals surface area contributed by atoms with Crippen LogP contribution in [0, 0.1) is 6.92 Å². The van der Waals surface area contributed by atoms with E-state index < -0.39 is 21.8 Å². The summed E-state index contributed by atoms with van der Waals surface area (Å²) in [4.78, 5) is 16.5. The predicted molar refractivity (Wildman–Crippen MR) is 67.8 cm³/mol. The molecular weight excluding hydrogens is 262 g/mol. The van der Waals surface area contributed by atoms with Crippen LogP contribution in [0.5, 0.6) is 0 Å². The van der Waals surface area contributed by atoms with Gasteiger partial charge >= 0.3 is 0 Å². The largest absolute Gasteiger partial charge is 0.320 e. The standard InChI is InChI=1S/C9H15N3O3S2/c1-6-5-11-9(16-6)12-8(13)7(10)3-4-17(2,14)15/h5,7H,3-4,10H2,1-2H3,(H,11,12,13). The monoisotopic (exact) mass is 277 g/mol. The van der Waals surface area contributed by atoms with Gasteiger partial charge in [-0.25, -0.2) is 13.4 Å². The van der Waals surface area contributed by atoms with E-state index in [1.54, 1.807) is 6.20 Å². The molecule has 0 aliphatic rings. The van der Waals surface area contributed by atoms with E-state index in [2.05, 4.69) is 10.3 Å². The first kappa shape index (κ1) is 14.1. The summed E-state index contributed by atoms with van der Waals surface area (Å²) in [5.74, 6) is -0.513. The maximum Gasteiger partial charge on any atom is 0.243 e. The highest BCUT2D eigenvalue weighted by Gasteiger charge is 2.16. The topological polar surface area (TPSA) is 102 Å². The normalized spacial score (nSPS) is 13.4. The van der Waals surface area contributed by atoms with E-state index in [1.165, 1.54) is 11.3 Å². The van der Waals surface area contributed by atoms with Crippen LogP contribution in [0.25, 0.3) is 0 Å². The van der Waals surface area contributed by atoms with Gasteiger partial charge in [-0.05, 0) is 13.3 Å². The molecule has 1 atom stereocenters. The highest BCUT2D eigenvalue weighted by atomic mass is 32.2. The molecule has 1 amide bonds. The number of aryl methyl sites for hydroxylation is 1. The number of amides is 1. The smallest absolute Gasteiger partial charge is 0.243 e. The van der Waals surface area contributed by atoms with E-state index in [0.717, 1.165) is 11.1 Å². The minimum absolute atomic E-state index is 0.0987. The Morgan fingerprint density at radius 3 is 2.76 bits per heavy atom. The number of thiazole rings is 1. The van der Waals surface area contributed by atoms with Crippen LogP contribution in [0.3, 0.4) is 0 Å². The van der Waals surface area contributed by atoms with Gasteiger partial charge in [0.05, 0.1) is 11.8 Å². The van der Waals surface area contributed by atoms with Gasteiger partial charge in [-0.15, -0.1) is 11.3 Å². The third-order valence-corrected chi connectivity index (χ3v) is 3.79. The van der Waals surface area contributed by atoms with Gasteiger partial charge in [0.15, 0.2) is 5.13 Å². The number of hydrogen-bond acceptors (Lipinski definition) is 6. The van der Waals surface area contributed by atoms with Crippen molar-refractivity contribution in [3.8, 4) is 0 Å². The molecule has 6 nitrogen and oxygen atoms in total. The molecule has 0 saturated heterocycles. The van der Waals surface area contributed by atoms with Gasteiger partial charge < -0.3 is 11.1 Å². The van der Waals surface area contributed by atoms with Crippen molar-refractivity contribution < 1.29 is 13.2 Å². The third kappa shape index (κ3) is 5.24. The lowest BCUT2D eigenvalue weighted by Gasteiger charge is -2.09. The van der Waals surface area contributed by atoms with Gasteiger partial charge in [0, 0.05) is 17.3 Å². The molecule has 0 spiro atoms. The number of sulfone groups is 1. The molecule has 0 aliphatic heterocycles. The molecule has 0 aliphatic carbocycles. The molecule has 0 saturated carbocycles. The molecule has 3 N–H and O–H groups in total. The molecule has 8 heteroatoms. The highest BCUT2D eigenvalue weighted by Crippen LogP contribution is 2.16. The van der Waals surface area contributed by atoms with E-state index >= 15 is 0 Å². The molecule has 0 radical (unpaired) electrons. The number of rotatable bonds is 5. The Morgan fingerprint density at radius 2 is 2.29 bits per heavy atom. The van der Waals surface area contributed by atoms with Gasteiger partial charge in [0.1, 0.15) is 9.84 Å². The van der Waals surface area contributed by atoms with E-state index in [0.29, 0.717) is 5.13 Å². The molecule has 17 heavy (non-hydrogen) atoms. The average molecular weight is 277 g/mol. The Morgan fingerprint density at radius 1 is 1.65 bits per heavy atom. The van der Waals surface area contributed by atoms with Gasteiger partial charge in [-0.3, -0.25) is 4.79 Å². The first-order chi connectivity index (χ1) is 7.78. The lowest BCUT2D eigenvalue weighted by molar-refractivity contribution is -0.117. The summed E-state index contributed by atoms with van der Waals surface area (Å²) in [6.45, 7) is 1.87. The van der Waals surface area contributed by atoms with Crippen LogP contribution in [-0.2, 0) is 14.6 Å². The molecule has 1 heterocycles. The Balaban J connectivity index is 2.47. The summed E-state index contributed by atoms with van der Waals surface area (Å²) in [6, 6.07) is -0.839. The van der Waals surface area contributed by atoms with Crippen LogP contribution in [-0.4, -0.2) is 37.4 Å². The van der Waals surface area contributed by atoms with E-state index in [1.807, 2.05) is 6.92 Å². The van der Waals surface area contributed by atoms with Crippen LogP contribution in [0.4, 0.5) is 5.13 Å². The maximum atomic E-state index is 11.6. The van der Waals surface area contributed by atoms with Crippen molar-refractivity contribution in [2.45, 2.75) is 19.4 Å². The van der Waals surface area contributed by atoms with Crippen molar-refractivity contribution in [1.29, 1.82) is 0 Å². The van der Waals surface area contributed by atoms with Crippen molar-refractivity contribution in [3.63, 3.8) is 0 Å². The van der Waals surface area contributed by atoms with Crippen LogP contribution in [0.1, 0.15) is 11.3 Å². The second-order valence-electron chi connectivity index (χ2n) is 3.79. The molecule has 1 unspecified atom stereocenters. The Bertz CT molecular complexity index is 495. The molecule has 1 aromatic rings.